The molecule has 1 saturated heterocycles. The minimum absolute atomic E-state index is 0.0313. The summed E-state index contributed by atoms with van der Waals surface area (Å²) in [5, 5.41) is 30.4. The number of ether oxygens (including phenoxy) is 1. The molecule has 1 aliphatic heterocycles. The lowest BCUT2D eigenvalue weighted by molar-refractivity contribution is 0.380. The predicted octanol–water partition coefficient (Wildman–Crippen LogP) is -0.0906. The van der Waals surface area contributed by atoms with Gasteiger partial charge in [-0.25, -0.2) is 37.1 Å². The molecule has 4 aromatic heterocycles. The molecule has 0 spiro atoms. The molecular weight excluding hydrogens is 568 g/mol. The number of hydrogen-bond donors (Lipinski definition) is 3. The first-order valence-corrected chi connectivity index (χ1v) is 14.5. The Hall–Kier alpha value is -4.65. The zero-order valence-electron chi connectivity index (χ0n) is 20.6. The van der Waals surface area contributed by atoms with Crippen molar-refractivity contribution in [3.8, 4) is 17.9 Å². The number of azo groups is 1. The van der Waals surface area contributed by atoms with Gasteiger partial charge in [-0.3, -0.25) is 0 Å². The summed E-state index contributed by atoms with van der Waals surface area (Å²) in [6.07, 6.45) is 5.28. The highest BCUT2D eigenvalue weighted by molar-refractivity contribution is 7.90. The zero-order valence-corrected chi connectivity index (χ0v) is 22.3. The molecule has 0 aliphatic carbocycles. The van der Waals surface area contributed by atoms with E-state index >= 15 is 0 Å². The maximum absolute atomic E-state index is 12.5. The van der Waals surface area contributed by atoms with E-state index in [2.05, 4.69) is 45.2 Å². The Balaban J connectivity index is 1.67. The minimum atomic E-state index is -4.66. The number of fused-ring (bicyclic) bond motifs is 1. The molecule has 1 fully saturated rings. The molecule has 0 amide bonds. The highest BCUT2D eigenvalue weighted by atomic mass is 32.2. The normalized spacial score (nSPS) is 14.6. The lowest BCUT2D eigenvalue weighted by Gasteiger charge is -2.27. The SMILES string of the molecule is COc1c(C#N)c(N=Nc2c(S(N)(=O)=O)nc(N3CCCCC3)nc2S(N)(=O)=O)nn1-c1ncc2nc[nH]c2n1. The molecule has 0 unspecified atom stereocenters. The number of aromatic nitrogens is 8. The van der Waals surface area contributed by atoms with E-state index in [-0.39, 0.29) is 23.3 Å². The molecule has 19 nitrogen and oxygen atoms in total. The van der Waals surface area contributed by atoms with Crippen LogP contribution in [0.1, 0.15) is 24.8 Å². The average molecular weight is 589 g/mol. The molecule has 5 N–H and O–H groups in total. The van der Waals surface area contributed by atoms with Crippen LogP contribution in [0.15, 0.2) is 32.8 Å². The van der Waals surface area contributed by atoms with Crippen LogP contribution in [0.3, 0.4) is 0 Å². The second-order valence-corrected chi connectivity index (χ2v) is 11.3. The number of nitrogens with two attached hydrogens (primary N) is 2. The molecule has 5 heterocycles. The highest BCUT2D eigenvalue weighted by Crippen LogP contribution is 2.35. The number of H-pyrrole nitrogens is 1. The fraction of sp³-hybridized carbons (Fsp3) is 0.316. The number of aromatic amines is 1. The Bertz CT molecular complexity index is 1850. The van der Waals surface area contributed by atoms with E-state index < -0.39 is 41.6 Å². The first-order chi connectivity index (χ1) is 19.0. The van der Waals surface area contributed by atoms with E-state index in [9.17, 15) is 22.1 Å². The van der Waals surface area contributed by atoms with E-state index in [1.54, 1.807) is 4.90 Å². The molecule has 0 atom stereocenters. The predicted molar refractivity (Wildman–Crippen MR) is 135 cm³/mol. The van der Waals surface area contributed by atoms with Gasteiger partial charge in [0.05, 0.1) is 19.6 Å². The van der Waals surface area contributed by atoms with Gasteiger partial charge in [-0.2, -0.15) is 24.9 Å². The third-order valence-corrected chi connectivity index (χ3v) is 7.36. The second-order valence-electron chi connectivity index (χ2n) is 8.36. The first kappa shape index (κ1) is 26.9. The maximum atomic E-state index is 12.5. The van der Waals surface area contributed by atoms with Crippen LogP contribution in [0.4, 0.5) is 17.5 Å². The summed E-state index contributed by atoms with van der Waals surface area (Å²) in [7, 11) is -8.06. The molecule has 0 radical (unpaired) electrons. The van der Waals surface area contributed by atoms with Gasteiger partial charge in [-0.05, 0) is 19.3 Å². The number of hydrogen-bond acceptors (Lipinski definition) is 15. The van der Waals surface area contributed by atoms with E-state index in [0.29, 0.717) is 24.3 Å². The van der Waals surface area contributed by atoms with Gasteiger partial charge in [0.1, 0.15) is 11.6 Å². The Kier molecular flexibility index (Phi) is 6.84. The fourth-order valence-corrected chi connectivity index (χ4v) is 5.23. The van der Waals surface area contributed by atoms with Gasteiger partial charge in [-0.15, -0.1) is 15.3 Å². The molecular formula is C19H20N14O5S2. The van der Waals surface area contributed by atoms with E-state index in [4.69, 9.17) is 15.0 Å². The number of methoxy groups -OCH3 is 1. The van der Waals surface area contributed by atoms with Gasteiger partial charge in [0.25, 0.3) is 26.0 Å². The summed E-state index contributed by atoms with van der Waals surface area (Å²) in [4.78, 5) is 24.8. The number of imidazole rings is 1. The highest BCUT2D eigenvalue weighted by Gasteiger charge is 2.31. The summed E-state index contributed by atoms with van der Waals surface area (Å²) < 4.78 is 56.3. The number of nitriles is 1. The largest absolute Gasteiger partial charge is 0.480 e. The third-order valence-electron chi connectivity index (χ3n) is 5.71. The van der Waals surface area contributed by atoms with Crippen LogP contribution in [-0.2, 0) is 20.0 Å². The standard InChI is InChI=1S/C19H20N14O5S2/c1-38-17-10(7-20)13(31-33(17)18-23-8-11-14(26-18)25-9-24-11)30-29-12-15(39(21,34)35)27-19(28-16(12)40(22,36)37)32-5-3-2-4-6-32/h8-9H,2-6H2,1H3,(H2,21,34,35)(H2,22,36,37)(H,23,24,25,26). The number of rotatable bonds is 7. The minimum Gasteiger partial charge on any atom is -0.480 e. The Labute approximate surface area is 226 Å². The van der Waals surface area contributed by atoms with Crippen molar-refractivity contribution in [2.45, 2.75) is 29.3 Å². The molecule has 0 aromatic carbocycles. The van der Waals surface area contributed by atoms with Crippen LogP contribution in [0.25, 0.3) is 17.1 Å². The van der Waals surface area contributed by atoms with Gasteiger partial charge in [-0.1, -0.05) is 0 Å². The lowest BCUT2D eigenvalue weighted by Crippen LogP contribution is -2.32. The molecule has 4 aromatic rings. The summed E-state index contributed by atoms with van der Waals surface area (Å²) in [6, 6.07) is 1.85. The van der Waals surface area contributed by atoms with Crippen LogP contribution >= 0.6 is 0 Å². The van der Waals surface area contributed by atoms with Crippen molar-refractivity contribution in [3.63, 3.8) is 0 Å². The molecule has 5 rings (SSSR count). The molecule has 1 aliphatic rings. The number of sulfonamides is 2. The number of nitrogens with zero attached hydrogens (tertiary/aromatic N) is 11. The summed E-state index contributed by atoms with van der Waals surface area (Å²) in [5.41, 5.74) is -0.266. The van der Waals surface area contributed by atoms with Crippen molar-refractivity contribution in [2.24, 2.45) is 20.5 Å². The van der Waals surface area contributed by atoms with Crippen LogP contribution < -0.4 is 19.9 Å². The van der Waals surface area contributed by atoms with Crippen LogP contribution in [-0.4, -0.2) is 76.7 Å². The molecule has 208 valence electrons. The lowest BCUT2D eigenvalue weighted by atomic mass is 10.1. The second kappa shape index (κ2) is 10.2. The van der Waals surface area contributed by atoms with E-state index in [1.165, 1.54) is 19.6 Å². The van der Waals surface area contributed by atoms with Crippen molar-refractivity contribution in [3.05, 3.63) is 18.1 Å². The molecule has 21 heteroatoms. The average Bonchev–Trinajstić information content (AvgIpc) is 3.54. The van der Waals surface area contributed by atoms with Crippen LogP contribution in [0, 0.1) is 11.3 Å². The maximum Gasteiger partial charge on any atom is 0.258 e. The Morgan fingerprint density at radius 2 is 1.68 bits per heavy atom. The van der Waals surface area contributed by atoms with Crippen LogP contribution in [0.2, 0.25) is 0 Å². The zero-order chi connectivity index (χ0) is 28.7. The van der Waals surface area contributed by atoms with E-state index in [1.807, 2.05) is 6.07 Å². The number of piperidine rings is 1. The Morgan fingerprint density at radius 3 is 2.27 bits per heavy atom. The number of anilines is 1. The van der Waals surface area contributed by atoms with Crippen molar-refractivity contribution in [1.82, 2.24) is 39.7 Å². The summed E-state index contributed by atoms with van der Waals surface area (Å²) in [6.45, 7) is 0.925. The quantitative estimate of drug-likeness (QED) is 0.188. The number of primary sulfonamides is 2. The topological polar surface area (TPSA) is 279 Å². The summed E-state index contributed by atoms with van der Waals surface area (Å²) in [5.74, 6) is -0.753. The molecule has 40 heavy (non-hydrogen) atoms. The number of nitrogens with one attached hydrogen (secondary N) is 1. The first-order valence-electron chi connectivity index (χ1n) is 11.4. The summed E-state index contributed by atoms with van der Waals surface area (Å²) >= 11 is 0. The molecule has 0 bridgehead atoms. The van der Waals surface area contributed by atoms with Crippen LogP contribution in [0.5, 0.6) is 5.88 Å². The van der Waals surface area contributed by atoms with Gasteiger partial charge in [0, 0.05) is 13.1 Å². The van der Waals surface area contributed by atoms with Crippen molar-refractivity contribution in [1.29, 1.82) is 5.26 Å². The van der Waals surface area contributed by atoms with Gasteiger partial charge in [0.2, 0.25) is 27.7 Å². The van der Waals surface area contributed by atoms with E-state index in [0.717, 1.165) is 23.9 Å². The van der Waals surface area contributed by atoms with Crippen molar-refractivity contribution in [2.75, 3.05) is 25.1 Å². The van der Waals surface area contributed by atoms with Gasteiger partial charge >= 0.3 is 0 Å². The van der Waals surface area contributed by atoms with Gasteiger partial charge < -0.3 is 14.6 Å². The monoisotopic (exact) mass is 588 g/mol. The smallest absolute Gasteiger partial charge is 0.258 e. The van der Waals surface area contributed by atoms with Gasteiger partial charge in [0.15, 0.2) is 16.9 Å². The fourth-order valence-electron chi connectivity index (χ4n) is 3.93. The Morgan fingerprint density at radius 1 is 1.00 bits per heavy atom. The molecule has 0 saturated carbocycles. The van der Waals surface area contributed by atoms with Crippen molar-refractivity contribution < 1.29 is 21.6 Å². The third kappa shape index (κ3) is 5.02. The van der Waals surface area contributed by atoms with Crippen molar-refractivity contribution >= 4 is 48.7 Å².